The molecule has 0 aromatic heterocycles. The van der Waals surface area contributed by atoms with Crippen LogP contribution in [-0.2, 0) is 4.43 Å². The molecule has 151 valence electrons. The molecule has 1 saturated heterocycles. The van der Waals surface area contributed by atoms with Gasteiger partial charge in [-0.1, -0.05) is 66.7 Å². The number of fused-ring (bicyclic) bond motifs is 5. The van der Waals surface area contributed by atoms with E-state index in [0.29, 0.717) is 0 Å². The summed E-state index contributed by atoms with van der Waals surface area (Å²) >= 11 is 0. The zero-order chi connectivity index (χ0) is 21.4. The fraction of sp³-hybridized carbons (Fsp3) is 0.185. The Hall–Kier alpha value is -2.25. The first-order valence-electron chi connectivity index (χ1n) is 10.8. The SMILES string of the molecule is C[Si]1CCO[Si][Si]1.Cc1ccc2cc3c(ccc4cc5ccccc5cc43)c(C)c2c1. The van der Waals surface area contributed by atoms with Crippen LogP contribution in [-0.4, -0.2) is 32.8 Å². The molecular formula is C27H25OSi3. The van der Waals surface area contributed by atoms with Crippen LogP contribution < -0.4 is 0 Å². The molecule has 1 aliphatic heterocycles. The van der Waals surface area contributed by atoms with Gasteiger partial charge in [-0.2, -0.15) is 0 Å². The van der Waals surface area contributed by atoms with Crippen molar-refractivity contribution in [3.05, 3.63) is 83.9 Å². The third-order valence-corrected chi connectivity index (χ3v) is 15.5. The van der Waals surface area contributed by atoms with Crippen LogP contribution in [0.3, 0.4) is 0 Å². The van der Waals surface area contributed by atoms with Gasteiger partial charge in [0.25, 0.3) is 0 Å². The van der Waals surface area contributed by atoms with E-state index in [-0.39, 0.29) is 8.31 Å². The molecule has 0 saturated carbocycles. The maximum absolute atomic E-state index is 5.21. The average molecular weight is 450 g/mol. The highest BCUT2D eigenvalue weighted by atomic mass is 29.5. The van der Waals surface area contributed by atoms with Gasteiger partial charge in [0, 0.05) is 14.9 Å². The Morgan fingerprint density at radius 3 is 2.13 bits per heavy atom. The number of aryl methyl sites for hydroxylation is 2. The van der Waals surface area contributed by atoms with Crippen LogP contribution in [0.5, 0.6) is 0 Å². The number of rotatable bonds is 0. The van der Waals surface area contributed by atoms with Crippen molar-refractivity contribution in [2.45, 2.75) is 26.4 Å². The molecule has 4 heteroatoms. The summed E-state index contributed by atoms with van der Waals surface area (Å²) in [5.74, 6) is 0. The van der Waals surface area contributed by atoms with Gasteiger partial charge >= 0.3 is 0 Å². The largest absolute Gasteiger partial charge is 0.422 e. The normalized spacial score (nSPS) is 14.8. The standard InChI is InChI=1S/C24H18.C3H7OSi3/c1-15-7-8-20-14-24-21(16(2)22(20)11-15)10-9-19-12-17-5-3-4-6-18(17)13-23(19)24;1-7-3-2-4-5-6-7/h3-14H,1-2H3;2-3H2,1H3. The Kier molecular flexibility index (Phi) is 5.80. The molecule has 5 aromatic rings. The van der Waals surface area contributed by atoms with Crippen molar-refractivity contribution >= 4 is 69.2 Å². The van der Waals surface area contributed by atoms with Crippen LogP contribution in [0, 0.1) is 13.8 Å². The lowest BCUT2D eigenvalue weighted by Gasteiger charge is -2.13. The van der Waals surface area contributed by atoms with Gasteiger partial charge in [-0.05, 0) is 86.7 Å². The summed E-state index contributed by atoms with van der Waals surface area (Å²) in [6.07, 6.45) is 0. The van der Waals surface area contributed by atoms with E-state index in [4.69, 9.17) is 4.43 Å². The smallest absolute Gasteiger partial charge is 0.202 e. The summed E-state index contributed by atoms with van der Waals surface area (Å²) < 4.78 is 5.21. The summed E-state index contributed by atoms with van der Waals surface area (Å²) in [5.41, 5.74) is 2.69. The van der Waals surface area contributed by atoms with E-state index >= 15 is 0 Å². The first kappa shape index (κ1) is 20.6. The highest BCUT2D eigenvalue weighted by Gasteiger charge is 2.11. The quantitative estimate of drug-likeness (QED) is 0.144. The minimum Gasteiger partial charge on any atom is -0.422 e. The molecule has 0 amide bonds. The minimum atomic E-state index is 0.122. The molecular weight excluding hydrogens is 425 g/mol. The van der Waals surface area contributed by atoms with Gasteiger partial charge in [-0.3, -0.25) is 0 Å². The van der Waals surface area contributed by atoms with Crippen LogP contribution in [0.25, 0.3) is 43.1 Å². The molecule has 0 aliphatic carbocycles. The topological polar surface area (TPSA) is 9.23 Å². The lowest BCUT2D eigenvalue weighted by molar-refractivity contribution is 0.367. The van der Waals surface area contributed by atoms with E-state index in [1.165, 1.54) is 68.8 Å². The van der Waals surface area contributed by atoms with E-state index in [9.17, 15) is 0 Å². The molecule has 6 rings (SSSR count). The van der Waals surface area contributed by atoms with Gasteiger partial charge in [0.2, 0.25) is 9.28 Å². The highest BCUT2D eigenvalue weighted by Crippen LogP contribution is 2.35. The Balaban J connectivity index is 0.000000250. The average Bonchev–Trinajstić information content (AvgIpc) is 2.79. The van der Waals surface area contributed by atoms with Crippen LogP contribution >= 0.6 is 0 Å². The Morgan fingerprint density at radius 1 is 0.710 bits per heavy atom. The van der Waals surface area contributed by atoms with Crippen molar-refractivity contribution in [2.24, 2.45) is 0 Å². The third-order valence-electron chi connectivity index (χ3n) is 6.16. The van der Waals surface area contributed by atoms with Gasteiger partial charge in [-0.15, -0.1) is 0 Å². The monoisotopic (exact) mass is 449 g/mol. The molecule has 31 heavy (non-hydrogen) atoms. The Bertz CT molecular complexity index is 1400. The molecule has 0 atom stereocenters. The summed E-state index contributed by atoms with van der Waals surface area (Å²) in [6.45, 7) is 7.86. The lowest BCUT2D eigenvalue weighted by atomic mass is 9.92. The molecule has 1 heterocycles. The lowest BCUT2D eigenvalue weighted by Crippen LogP contribution is -2.32. The first-order valence-corrected chi connectivity index (χ1v) is 16.9. The predicted octanol–water partition coefficient (Wildman–Crippen LogP) is 6.79. The molecule has 5 radical (unpaired) electrons. The van der Waals surface area contributed by atoms with E-state index < -0.39 is 0 Å². The second kappa shape index (κ2) is 8.71. The van der Waals surface area contributed by atoms with E-state index in [1.807, 2.05) is 0 Å². The summed E-state index contributed by atoms with van der Waals surface area (Å²) in [4.78, 5) is 0. The maximum Gasteiger partial charge on any atom is 0.202 e. The van der Waals surface area contributed by atoms with E-state index in [0.717, 1.165) is 15.9 Å². The molecule has 0 spiro atoms. The van der Waals surface area contributed by atoms with Crippen LogP contribution in [0.15, 0.2) is 72.8 Å². The first-order chi connectivity index (χ1) is 15.1. The van der Waals surface area contributed by atoms with Crippen LogP contribution in [0.1, 0.15) is 11.1 Å². The molecule has 5 aromatic carbocycles. The second-order valence-electron chi connectivity index (χ2n) is 8.41. The number of hydrogen-bond acceptors (Lipinski definition) is 1. The fourth-order valence-corrected chi connectivity index (χ4v) is 10.6. The number of hydrogen-bond donors (Lipinski definition) is 0. The summed E-state index contributed by atoms with van der Waals surface area (Å²) in [6, 6.07) is 28.3. The van der Waals surface area contributed by atoms with Crippen LogP contribution in [0.4, 0.5) is 0 Å². The zero-order valence-electron chi connectivity index (χ0n) is 18.3. The molecule has 0 bridgehead atoms. The molecule has 1 fully saturated rings. The van der Waals surface area contributed by atoms with Crippen molar-refractivity contribution in [3.8, 4) is 0 Å². The van der Waals surface area contributed by atoms with Crippen LogP contribution in [0.2, 0.25) is 12.6 Å². The van der Waals surface area contributed by atoms with Crippen molar-refractivity contribution in [2.75, 3.05) is 6.61 Å². The summed E-state index contributed by atoms with van der Waals surface area (Å²) in [7, 11) is 2.16. The van der Waals surface area contributed by atoms with Gasteiger partial charge in [0.1, 0.15) is 0 Å². The van der Waals surface area contributed by atoms with Crippen molar-refractivity contribution in [1.29, 1.82) is 0 Å². The molecule has 1 aliphatic rings. The third kappa shape index (κ3) is 4.13. The van der Waals surface area contributed by atoms with Gasteiger partial charge in [0.05, 0.1) is 8.55 Å². The van der Waals surface area contributed by atoms with Gasteiger partial charge in [0.15, 0.2) is 0 Å². The van der Waals surface area contributed by atoms with Crippen molar-refractivity contribution in [3.63, 3.8) is 0 Å². The molecule has 1 nitrogen and oxygen atoms in total. The van der Waals surface area contributed by atoms with E-state index in [1.54, 1.807) is 0 Å². The fourth-order valence-electron chi connectivity index (χ4n) is 4.38. The van der Waals surface area contributed by atoms with Crippen molar-refractivity contribution < 1.29 is 4.43 Å². The van der Waals surface area contributed by atoms with E-state index in [2.05, 4.69) is 93.2 Å². The Morgan fingerprint density at radius 2 is 1.42 bits per heavy atom. The van der Waals surface area contributed by atoms with Gasteiger partial charge < -0.3 is 4.43 Å². The second-order valence-corrected chi connectivity index (χ2v) is 17.4. The minimum absolute atomic E-state index is 0.122. The molecule has 0 N–H and O–H groups in total. The Labute approximate surface area is 190 Å². The van der Waals surface area contributed by atoms with Crippen molar-refractivity contribution in [1.82, 2.24) is 0 Å². The maximum atomic E-state index is 5.21. The summed E-state index contributed by atoms with van der Waals surface area (Å²) in [5, 5.41) is 10.7. The highest BCUT2D eigenvalue weighted by molar-refractivity contribution is 7.34. The predicted molar refractivity (Wildman–Crippen MR) is 140 cm³/mol. The number of benzene rings is 5. The molecule has 0 unspecified atom stereocenters. The zero-order valence-corrected chi connectivity index (χ0v) is 21.3. The van der Waals surface area contributed by atoms with Gasteiger partial charge in [-0.25, -0.2) is 0 Å².